The van der Waals surface area contributed by atoms with Crippen molar-refractivity contribution in [3.8, 4) is 17.2 Å². The summed E-state index contributed by atoms with van der Waals surface area (Å²) in [5.41, 5.74) is 1.65. The highest BCUT2D eigenvalue weighted by Crippen LogP contribution is 2.34. The largest absolute Gasteiger partial charge is 0.496 e. The van der Waals surface area contributed by atoms with Crippen molar-refractivity contribution in [2.24, 2.45) is 0 Å². The number of carbonyl (C=O) groups is 1. The van der Waals surface area contributed by atoms with E-state index in [-0.39, 0.29) is 18.3 Å². The zero-order valence-electron chi connectivity index (χ0n) is 13.6. The Hall–Kier alpha value is -1.92. The summed E-state index contributed by atoms with van der Waals surface area (Å²) >= 11 is 0. The van der Waals surface area contributed by atoms with E-state index >= 15 is 0 Å². The van der Waals surface area contributed by atoms with Crippen molar-refractivity contribution in [2.45, 2.75) is 6.42 Å². The van der Waals surface area contributed by atoms with Gasteiger partial charge in [0, 0.05) is 25.2 Å². The minimum absolute atomic E-state index is 0. The van der Waals surface area contributed by atoms with Gasteiger partial charge in [0.15, 0.2) is 11.5 Å². The van der Waals surface area contributed by atoms with Gasteiger partial charge in [-0.05, 0) is 13.0 Å². The molecule has 0 spiro atoms. The van der Waals surface area contributed by atoms with E-state index in [1.165, 1.54) is 19.8 Å². The number of benzene rings is 1. The molecule has 0 unspecified atom stereocenters. The van der Waals surface area contributed by atoms with Crippen LogP contribution in [0.25, 0.3) is 0 Å². The van der Waals surface area contributed by atoms with E-state index < -0.39 is 0 Å². The maximum Gasteiger partial charge on any atom is 0.255 e. The number of hydrogen-bond donors (Lipinski definition) is 2. The van der Waals surface area contributed by atoms with Gasteiger partial charge in [-0.25, -0.2) is 0 Å². The molecular weight excluding hydrogens is 320 g/mol. The summed E-state index contributed by atoms with van der Waals surface area (Å²) in [6.45, 7) is 2.34. The van der Waals surface area contributed by atoms with Crippen LogP contribution in [0, 0.1) is 0 Å². The van der Waals surface area contributed by atoms with Crippen LogP contribution >= 0.6 is 12.4 Å². The highest BCUT2D eigenvalue weighted by Gasteiger charge is 2.18. The Kier molecular flexibility index (Phi) is 7.71. The Balaban J connectivity index is 0.00000264. The van der Waals surface area contributed by atoms with Crippen LogP contribution in [0.4, 0.5) is 0 Å². The molecule has 6 nitrogen and oxygen atoms in total. The normalized spacial score (nSPS) is 13.4. The molecule has 2 rings (SSSR count). The fourth-order valence-electron chi connectivity index (χ4n) is 2.33. The van der Waals surface area contributed by atoms with Gasteiger partial charge in [-0.15, -0.1) is 12.4 Å². The molecule has 1 aliphatic rings. The Morgan fingerprint density at radius 2 is 1.78 bits per heavy atom. The molecular formula is C16H23ClN2O4. The first-order valence-electron chi connectivity index (χ1n) is 7.16. The van der Waals surface area contributed by atoms with Crippen LogP contribution in [-0.2, 0) is 0 Å². The van der Waals surface area contributed by atoms with Crippen LogP contribution in [0.2, 0.25) is 0 Å². The topological polar surface area (TPSA) is 68.8 Å². The Morgan fingerprint density at radius 3 is 2.35 bits per heavy atom. The zero-order valence-corrected chi connectivity index (χ0v) is 14.4. The van der Waals surface area contributed by atoms with Crippen molar-refractivity contribution in [2.75, 3.05) is 41.0 Å². The van der Waals surface area contributed by atoms with Gasteiger partial charge in [-0.3, -0.25) is 4.79 Å². The highest BCUT2D eigenvalue weighted by molar-refractivity contribution is 5.98. The van der Waals surface area contributed by atoms with E-state index in [4.69, 9.17) is 14.2 Å². The average Bonchev–Trinajstić information content (AvgIpc) is 2.59. The molecule has 1 aliphatic heterocycles. The summed E-state index contributed by atoms with van der Waals surface area (Å²) in [6.07, 6.45) is 3.05. The molecule has 1 aromatic carbocycles. The standard InChI is InChI=1S/C16H22N2O4.ClH/c1-20-13-9-15(22-3)14(21-2)8-12(13)16(19)18-10-11-4-6-17-7-5-11;/h4,8-9,17H,5-7,10H2,1-3H3,(H,18,19);1H. The molecule has 0 saturated heterocycles. The van der Waals surface area contributed by atoms with Crippen LogP contribution in [0.1, 0.15) is 16.8 Å². The predicted octanol–water partition coefficient (Wildman–Crippen LogP) is 1.78. The van der Waals surface area contributed by atoms with Gasteiger partial charge >= 0.3 is 0 Å². The van der Waals surface area contributed by atoms with Gasteiger partial charge in [-0.1, -0.05) is 11.6 Å². The number of methoxy groups -OCH3 is 3. The summed E-state index contributed by atoms with van der Waals surface area (Å²) in [5.74, 6) is 1.28. The lowest BCUT2D eigenvalue weighted by atomic mass is 10.1. The average molecular weight is 343 g/mol. The third kappa shape index (κ3) is 4.77. The van der Waals surface area contributed by atoms with Crippen LogP contribution < -0.4 is 24.8 Å². The fraction of sp³-hybridized carbons (Fsp3) is 0.438. The van der Waals surface area contributed by atoms with Crippen molar-refractivity contribution in [3.63, 3.8) is 0 Å². The first-order valence-corrected chi connectivity index (χ1v) is 7.16. The van der Waals surface area contributed by atoms with Gasteiger partial charge in [0.25, 0.3) is 5.91 Å². The van der Waals surface area contributed by atoms with Crippen molar-refractivity contribution >= 4 is 18.3 Å². The van der Waals surface area contributed by atoms with Crippen molar-refractivity contribution in [1.82, 2.24) is 10.6 Å². The first-order chi connectivity index (χ1) is 10.7. The molecule has 1 heterocycles. The number of carbonyl (C=O) groups excluding carboxylic acids is 1. The Labute approximate surface area is 142 Å². The second-order valence-corrected chi connectivity index (χ2v) is 4.91. The Bertz CT molecular complexity index is 575. The van der Waals surface area contributed by atoms with Gasteiger partial charge < -0.3 is 24.8 Å². The third-order valence-corrected chi connectivity index (χ3v) is 3.58. The molecule has 7 heteroatoms. The SMILES string of the molecule is COc1cc(OC)c(C(=O)NCC2=CCNCC2)cc1OC.Cl. The van der Waals surface area contributed by atoms with Crippen LogP contribution in [0.3, 0.4) is 0 Å². The van der Waals surface area contributed by atoms with Crippen LogP contribution in [0.5, 0.6) is 17.2 Å². The summed E-state index contributed by atoms with van der Waals surface area (Å²) < 4.78 is 15.7. The minimum atomic E-state index is -0.197. The lowest BCUT2D eigenvalue weighted by Gasteiger charge is -2.16. The van der Waals surface area contributed by atoms with Gasteiger partial charge in [0.1, 0.15) is 5.75 Å². The number of ether oxygens (including phenoxy) is 3. The molecule has 1 amide bonds. The van der Waals surface area contributed by atoms with Gasteiger partial charge in [-0.2, -0.15) is 0 Å². The molecule has 0 fully saturated rings. The van der Waals surface area contributed by atoms with Crippen LogP contribution in [0.15, 0.2) is 23.8 Å². The van der Waals surface area contributed by atoms with Crippen molar-refractivity contribution < 1.29 is 19.0 Å². The van der Waals surface area contributed by atoms with E-state index in [2.05, 4.69) is 16.7 Å². The number of rotatable bonds is 6. The predicted molar refractivity (Wildman–Crippen MR) is 91.2 cm³/mol. The maximum atomic E-state index is 12.4. The second-order valence-electron chi connectivity index (χ2n) is 4.91. The maximum absolute atomic E-state index is 12.4. The lowest BCUT2D eigenvalue weighted by molar-refractivity contribution is 0.0953. The van der Waals surface area contributed by atoms with Gasteiger partial charge in [0.2, 0.25) is 0 Å². The zero-order chi connectivity index (χ0) is 15.9. The molecule has 0 bridgehead atoms. The Morgan fingerprint density at radius 1 is 1.13 bits per heavy atom. The molecule has 0 aliphatic carbocycles. The summed E-state index contributed by atoms with van der Waals surface area (Å²) in [4.78, 5) is 12.4. The van der Waals surface area contributed by atoms with E-state index in [0.717, 1.165) is 19.5 Å². The van der Waals surface area contributed by atoms with E-state index in [1.807, 2.05) is 0 Å². The molecule has 23 heavy (non-hydrogen) atoms. The first kappa shape index (κ1) is 19.1. The van der Waals surface area contributed by atoms with Crippen molar-refractivity contribution in [3.05, 3.63) is 29.3 Å². The summed E-state index contributed by atoms with van der Waals surface area (Å²) in [6, 6.07) is 3.28. The third-order valence-electron chi connectivity index (χ3n) is 3.58. The van der Waals surface area contributed by atoms with E-state index in [1.54, 1.807) is 19.2 Å². The van der Waals surface area contributed by atoms with Crippen LogP contribution in [-0.4, -0.2) is 46.9 Å². The fourth-order valence-corrected chi connectivity index (χ4v) is 2.33. The van der Waals surface area contributed by atoms with E-state index in [9.17, 15) is 4.79 Å². The number of halogens is 1. The quantitative estimate of drug-likeness (QED) is 0.771. The monoisotopic (exact) mass is 342 g/mol. The summed E-state index contributed by atoms with van der Waals surface area (Å²) in [7, 11) is 4.60. The second kappa shape index (κ2) is 9.27. The molecule has 0 saturated carbocycles. The van der Waals surface area contributed by atoms with Gasteiger partial charge in [0.05, 0.1) is 26.9 Å². The lowest BCUT2D eigenvalue weighted by Crippen LogP contribution is -2.29. The molecule has 0 atom stereocenters. The smallest absolute Gasteiger partial charge is 0.255 e. The minimum Gasteiger partial charge on any atom is -0.496 e. The molecule has 0 radical (unpaired) electrons. The molecule has 2 N–H and O–H groups in total. The molecule has 0 aromatic heterocycles. The number of nitrogens with one attached hydrogen (secondary N) is 2. The number of hydrogen-bond acceptors (Lipinski definition) is 5. The van der Waals surface area contributed by atoms with Crippen molar-refractivity contribution in [1.29, 1.82) is 0 Å². The highest BCUT2D eigenvalue weighted by atomic mass is 35.5. The molecule has 128 valence electrons. The molecule has 1 aromatic rings. The number of amides is 1. The summed E-state index contributed by atoms with van der Waals surface area (Å²) in [5, 5.41) is 6.16. The van der Waals surface area contributed by atoms with E-state index in [0.29, 0.717) is 29.4 Å².